The van der Waals surface area contributed by atoms with E-state index in [1.54, 1.807) is 17.4 Å². The van der Waals surface area contributed by atoms with Gasteiger partial charge in [-0.1, -0.05) is 13.8 Å². The highest BCUT2D eigenvalue weighted by Crippen LogP contribution is 2.26. The van der Waals surface area contributed by atoms with Crippen LogP contribution < -0.4 is 5.32 Å². The minimum atomic E-state index is -0.862. The first-order valence-corrected chi connectivity index (χ1v) is 8.90. The first-order chi connectivity index (χ1) is 12.0. The van der Waals surface area contributed by atoms with Crippen molar-refractivity contribution >= 4 is 17.8 Å². The maximum absolute atomic E-state index is 12.7. The average Bonchev–Trinajstić information content (AvgIpc) is 3.25. The maximum atomic E-state index is 12.7. The largest absolute Gasteiger partial charge is 0.339 e. The lowest BCUT2D eigenvalue weighted by Crippen LogP contribution is -2.48. The lowest BCUT2D eigenvalue weighted by molar-refractivity contribution is -0.140. The van der Waals surface area contributed by atoms with Crippen LogP contribution in [0, 0.1) is 0 Å². The predicted octanol–water partition coefficient (Wildman–Crippen LogP) is 1.16. The van der Waals surface area contributed by atoms with Crippen LogP contribution in [0.4, 0.5) is 4.79 Å². The molecule has 3 heterocycles. The van der Waals surface area contributed by atoms with E-state index in [1.807, 2.05) is 24.6 Å². The number of carbonyl (C=O) groups excluding carboxylic acids is 3. The summed E-state index contributed by atoms with van der Waals surface area (Å²) in [6.07, 6.45) is 8.29. The molecule has 2 fully saturated rings. The van der Waals surface area contributed by atoms with Gasteiger partial charge in [-0.05, 0) is 25.7 Å². The van der Waals surface area contributed by atoms with Crippen LogP contribution in [0.25, 0.3) is 0 Å². The molecule has 8 heteroatoms. The number of nitrogens with one attached hydrogen (secondary N) is 1. The van der Waals surface area contributed by atoms with Crippen molar-refractivity contribution in [1.29, 1.82) is 0 Å². The van der Waals surface area contributed by atoms with Crippen molar-refractivity contribution in [2.45, 2.75) is 51.1 Å². The summed E-state index contributed by atoms with van der Waals surface area (Å²) in [5.74, 6) is -0.477. The van der Waals surface area contributed by atoms with Crippen molar-refractivity contribution in [1.82, 2.24) is 24.7 Å². The number of urea groups is 1. The number of aromatic nitrogens is 2. The molecular weight excluding hydrogens is 322 g/mol. The summed E-state index contributed by atoms with van der Waals surface area (Å²) >= 11 is 0. The molecule has 1 atom stereocenters. The second-order valence-corrected chi connectivity index (χ2v) is 6.76. The number of imide groups is 1. The summed E-state index contributed by atoms with van der Waals surface area (Å²) in [6, 6.07) is -0.279. The van der Waals surface area contributed by atoms with Gasteiger partial charge < -0.3 is 14.8 Å². The van der Waals surface area contributed by atoms with Gasteiger partial charge in [-0.25, -0.2) is 9.78 Å². The van der Waals surface area contributed by atoms with E-state index >= 15 is 0 Å². The molecule has 1 aromatic rings. The molecule has 1 unspecified atom stereocenters. The van der Waals surface area contributed by atoms with Gasteiger partial charge in [0.15, 0.2) is 0 Å². The summed E-state index contributed by atoms with van der Waals surface area (Å²) < 4.78 is 2.01. The summed E-state index contributed by atoms with van der Waals surface area (Å²) in [4.78, 5) is 44.4. The van der Waals surface area contributed by atoms with Crippen LogP contribution in [-0.4, -0.2) is 62.4 Å². The molecule has 4 amide bonds. The van der Waals surface area contributed by atoms with Crippen molar-refractivity contribution in [2.75, 3.05) is 19.6 Å². The zero-order valence-corrected chi connectivity index (χ0v) is 14.8. The quantitative estimate of drug-likeness (QED) is 0.810. The van der Waals surface area contributed by atoms with Crippen LogP contribution in [0.1, 0.15) is 45.6 Å². The van der Waals surface area contributed by atoms with Crippen LogP contribution in [0.15, 0.2) is 18.7 Å². The SMILES string of the molecule is CCC1(CC)NC(=O)N(CC(=O)N2CCCC(n3ccnc3)C2)C1=O. The Hall–Kier alpha value is -2.38. The highest BCUT2D eigenvalue weighted by Gasteiger charge is 2.49. The van der Waals surface area contributed by atoms with E-state index in [0.29, 0.717) is 25.9 Å². The molecule has 1 N–H and O–H groups in total. The van der Waals surface area contributed by atoms with Crippen molar-refractivity contribution in [3.63, 3.8) is 0 Å². The molecule has 0 saturated carbocycles. The number of hydrogen-bond donors (Lipinski definition) is 1. The lowest BCUT2D eigenvalue weighted by Gasteiger charge is -2.34. The predicted molar refractivity (Wildman–Crippen MR) is 90.6 cm³/mol. The fourth-order valence-electron chi connectivity index (χ4n) is 3.69. The molecule has 1 aromatic heterocycles. The second kappa shape index (κ2) is 6.85. The van der Waals surface area contributed by atoms with Crippen LogP contribution in [0.5, 0.6) is 0 Å². The third kappa shape index (κ3) is 3.12. The molecule has 2 aliphatic rings. The second-order valence-electron chi connectivity index (χ2n) is 6.76. The normalized spacial score (nSPS) is 23.0. The summed E-state index contributed by atoms with van der Waals surface area (Å²) in [5, 5.41) is 2.76. The molecular formula is C17H25N5O3. The first-order valence-electron chi connectivity index (χ1n) is 8.90. The molecule has 8 nitrogen and oxygen atoms in total. The molecule has 2 aliphatic heterocycles. The van der Waals surface area contributed by atoms with E-state index in [-0.39, 0.29) is 24.4 Å². The smallest absolute Gasteiger partial charge is 0.325 e. The van der Waals surface area contributed by atoms with Crippen molar-refractivity contribution in [3.05, 3.63) is 18.7 Å². The zero-order valence-electron chi connectivity index (χ0n) is 14.8. The number of nitrogens with zero attached hydrogens (tertiary/aromatic N) is 4. The Labute approximate surface area is 147 Å². The van der Waals surface area contributed by atoms with E-state index in [2.05, 4.69) is 10.3 Å². The number of rotatable bonds is 5. The third-order valence-corrected chi connectivity index (χ3v) is 5.44. The number of likely N-dealkylation sites (tertiary alicyclic amines) is 1. The lowest BCUT2D eigenvalue weighted by atomic mass is 9.93. The highest BCUT2D eigenvalue weighted by molar-refractivity contribution is 6.08. The van der Waals surface area contributed by atoms with Crippen LogP contribution in [0.2, 0.25) is 0 Å². The van der Waals surface area contributed by atoms with E-state index in [9.17, 15) is 14.4 Å². The van der Waals surface area contributed by atoms with Crippen LogP contribution >= 0.6 is 0 Å². The van der Waals surface area contributed by atoms with Gasteiger partial charge in [-0.3, -0.25) is 14.5 Å². The number of piperidine rings is 1. The van der Waals surface area contributed by atoms with Gasteiger partial charge in [-0.2, -0.15) is 0 Å². The molecule has 0 spiro atoms. The summed E-state index contributed by atoms with van der Waals surface area (Å²) in [6.45, 7) is 4.77. The molecule has 2 saturated heterocycles. The van der Waals surface area contributed by atoms with Gasteiger partial charge in [0.25, 0.3) is 5.91 Å². The fraction of sp³-hybridized carbons (Fsp3) is 0.647. The van der Waals surface area contributed by atoms with Gasteiger partial charge >= 0.3 is 6.03 Å². The van der Waals surface area contributed by atoms with E-state index in [4.69, 9.17) is 0 Å². The monoisotopic (exact) mass is 347 g/mol. The topological polar surface area (TPSA) is 87.5 Å². The maximum Gasteiger partial charge on any atom is 0.325 e. The van der Waals surface area contributed by atoms with E-state index in [1.165, 1.54) is 0 Å². The van der Waals surface area contributed by atoms with E-state index in [0.717, 1.165) is 17.7 Å². The Morgan fingerprint density at radius 2 is 2.12 bits per heavy atom. The number of amides is 4. The summed E-state index contributed by atoms with van der Waals surface area (Å²) in [5.41, 5.74) is -0.862. The molecule has 0 aromatic carbocycles. The Balaban J connectivity index is 1.66. The van der Waals surface area contributed by atoms with Gasteiger partial charge in [0, 0.05) is 25.5 Å². The average molecular weight is 347 g/mol. The molecule has 25 heavy (non-hydrogen) atoms. The van der Waals surface area contributed by atoms with Gasteiger partial charge in [0.1, 0.15) is 12.1 Å². The Morgan fingerprint density at radius 3 is 2.72 bits per heavy atom. The minimum Gasteiger partial charge on any atom is -0.339 e. The zero-order chi connectivity index (χ0) is 18.0. The van der Waals surface area contributed by atoms with Crippen molar-refractivity contribution < 1.29 is 14.4 Å². The first kappa shape index (κ1) is 17.4. The van der Waals surface area contributed by atoms with Gasteiger partial charge in [0.05, 0.1) is 12.4 Å². The summed E-state index contributed by atoms with van der Waals surface area (Å²) in [7, 11) is 0. The molecule has 0 radical (unpaired) electrons. The Bertz CT molecular complexity index is 653. The number of carbonyl (C=O) groups is 3. The highest BCUT2D eigenvalue weighted by atomic mass is 16.2. The fourth-order valence-corrected chi connectivity index (χ4v) is 3.69. The van der Waals surface area contributed by atoms with Gasteiger partial charge in [0.2, 0.25) is 5.91 Å². The Morgan fingerprint density at radius 1 is 1.36 bits per heavy atom. The molecule has 0 aliphatic carbocycles. The molecule has 3 rings (SSSR count). The Kier molecular flexibility index (Phi) is 4.78. The van der Waals surface area contributed by atoms with Gasteiger partial charge in [-0.15, -0.1) is 0 Å². The van der Waals surface area contributed by atoms with Crippen LogP contribution in [0.3, 0.4) is 0 Å². The number of imidazole rings is 1. The van der Waals surface area contributed by atoms with Crippen LogP contribution in [-0.2, 0) is 9.59 Å². The molecule has 0 bridgehead atoms. The standard InChI is InChI=1S/C17H25N5O3/c1-3-17(4-2)15(24)22(16(25)19-17)11-14(23)20-8-5-6-13(10-20)21-9-7-18-12-21/h7,9,12-13H,3-6,8,10-11H2,1-2H3,(H,19,25). The number of hydrogen-bond acceptors (Lipinski definition) is 4. The van der Waals surface area contributed by atoms with Crippen molar-refractivity contribution in [2.24, 2.45) is 0 Å². The van der Waals surface area contributed by atoms with Crippen molar-refractivity contribution in [3.8, 4) is 0 Å². The third-order valence-electron chi connectivity index (χ3n) is 5.44. The van der Waals surface area contributed by atoms with E-state index < -0.39 is 11.6 Å². The molecule has 136 valence electrons. The minimum absolute atomic E-state index is 0.184.